The van der Waals surface area contributed by atoms with E-state index in [0.717, 1.165) is 6.42 Å². The zero-order valence-electron chi connectivity index (χ0n) is 14.0. The van der Waals surface area contributed by atoms with Gasteiger partial charge in [-0.25, -0.2) is 0 Å². The van der Waals surface area contributed by atoms with Crippen LogP contribution in [0.3, 0.4) is 0 Å². The van der Waals surface area contributed by atoms with Gasteiger partial charge in [-0.1, -0.05) is 13.8 Å². The Morgan fingerprint density at radius 1 is 1.29 bits per heavy atom. The van der Waals surface area contributed by atoms with Crippen molar-refractivity contribution in [3.05, 3.63) is 12.1 Å². The van der Waals surface area contributed by atoms with Crippen LogP contribution in [0.15, 0.2) is 12.1 Å². The first-order valence-electron chi connectivity index (χ1n) is 7.40. The van der Waals surface area contributed by atoms with Gasteiger partial charge in [0.05, 0.1) is 11.3 Å². The van der Waals surface area contributed by atoms with Gasteiger partial charge in [-0.05, 0) is 52.2 Å². The first-order chi connectivity index (χ1) is 9.48. The van der Waals surface area contributed by atoms with Crippen LogP contribution in [-0.2, 0) is 0 Å². The van der Waals surface area contributed by atoms with Crippen molar-refractivity contribution < 1.29 is 9.84 Å². The van der Waals surface area contributed by atoms with Gasteiger partial charge < -0.3 is 20.9 Å². The average Bonchev–Trinajstić information content (AvgIpc) is 2.27. The van der Waals surface area contributed by atoms with Crippen molar-refractivity contribution in [2.24, 2.45) is 5.92 Å². The van der Waals surface area contributed by atoms with E-state index in [1.807, 2.05) is 27.7 Å². The topological polar surface area (TPSA) is 80.4 Å². The van der Waals surface area contributed by atoms with Crippen LogP contribution in [0, 0.1) is 5.92 Å². The quantitative estimate of drug-likeness (QED) is 0.751. The molecule has 0 aliphatic heterocycles. The van der Waals surface area contributed by atoms with E-state index in [2.05, 4.69) is 24.1 Å². The third kappa shape index (κ3) is 6.67. The smallest absolute Gasteiger partial charge is 0.239 e. The van der Waals surface area contributed by atoms with Crippen molar-refractivity contribution in [3.63, 3.8) is 0 Å². The van der Waals surface area contributed by atoms with Crippen LogP contribution in [0.25, 0.3) is 0 Å². The number of nitrogen functional groups attached to an aromatic ring is 1. The molecule has 1 aromatic heterocycles. The van der Waals surface area contributed by atoms with Crippen molar-refractivity contribution in [2.75, 3.05) is 17.6 Å². The highest BCUT2D eigenvalue weighted by molar-refractivity contribution is 5.53. The molecule has 0 aromatic carbocycles. The molecule has 0 amide bonds. The number of nitrogens with zero attached hydrogens (tertiary/aromatic N) is 1. The molecule has 1 heterocycles. The molecule has 0 saturated carbocycles. The maximum absolute atomic E-state index is 10.3. The Bertz CT molecular complexity index is 465. The number of nitrogens with one attached hydrogen (secondary N) is 1. The Morgan fingerprint density at radius 2 is 1.90 bits per heavy atom. The largest absolute Gasteiger partial charge is 0.470 e. The number of aromatic nitrogens is 1. The molecule has 0 saturated heterocycles. The first-order valence-corrected chi connectivity index (χ1v) is 7.40. The van der Waals surface area contributed by atoms with Gasteiger partial charge in [-0.2, -0.15) is 4.98 Å². The minimum absolute atomic E-state index is 0.358. The van der Waals surface area contributed by atoms with E-state index in [-0.39, 0.29) is 5.60 Å². The predicted octanol–water partition coefficient (Wildman–Crippen LogP) is 3.05. The van der Waals surface area contributed by atoms with Crippen LogP contribution in [0.1, 0.15) is 48.0 Å². The molecule has 1 aromatic rings. The van der Waals surface area contributed by atoms with Gasteiger partial charge >= 0.3 is 0 Å². The lowest BCUT2D eigenvalue weighted by atomic mass is 9.94. The summed E-state index contributed by atoms with van der Waals surface area (Å²) >= 11 is 0. The van der Waals surface area contributed by atoms with Gasteiger partial charge in [-0.15, -0.1) is 0 Å². The average molecular weight is 295 g/mol. The number of nitrogens with two attached hydrogens (primary N) is 1. The Balaban J connectivity index is 2.75. The van der Waals surface area contributed by atoms with Gasteiger partial charge in [0.15, 0.2) is 0 Å². The molecule has 1 unspecified atom stereocenters. The second kappa shape index (κ2) is 6.52. The third-order valence-corrected chi connectivity index (χ3v) is 2.79. The number of aliphatic hydroxyl groups is 1. The number of hydrogen-bond donors (Lipinski definition) is 3. The van der Waals surface area contributed by atoms with E-state index in [0.29, 0.717) is 29.8 Å². The molecule has 1 atom stereocenters. The molecule has 0 bridgehead atoms. The van der Waals surface area contributed by atoms with E-state index in [9.17, 15) is 5.11 Å². The molecule has 0 radical (unpaired) electrons. The van der Waals surface area contributed by atoms with Gasteiger partial charge in [-0.3, -0.25) is 0 Å². The molecular weight excluding hydrogens is 266 g/mol. The summed E-state index contributed by atoms with van der Waals surface area (Å²) in [6, 6.07) is 3.55. The number of pyridine rings is 1. The molecule has 5 heteroatoms. The summed E-state index contributed by atoms with van der Waals surface area (Å²) in [5.41, 5.74) is 5.25. The van der Waals surface area contributed by atoms with E-state index in [4.69, 9.17) is 10.5 Å². The van der Waals surface area contributed by atoms with Crippen LogP contribution in [0.4, 0.5) is 11.5 Å². The van der Waals surface area contributed by atoms with E-state index in [1.54, 1.807) is 12.1 Å². The molecule has 1 rings (SSSR count). The van der Waals surface area contributed by atoms with Crippen LogP contribution in [0.5, 0.6) is 5.88 Å². The number of hydrogen-bond acceptors (Lipinski definition) is 5. The number of rotatable bonds is 6. The molecule has 0 aliphatic carbocycles. The van der Waals surface area contributed by atoms with E-state index in [1.165, 1.54) is 0 Å². The summed E-state index contributed by atoms with van der Waals surface area (Å²) in [5, 5.41) is 13.5. The highest BCUT2D eigenvalue weighted by Crippen LogP contribution is 2.25. The summed E-state index contributed by atoms with van der Waals surface area (Å²) in [6.45, 7) is 12.3. The summed E-state index contributed by atoms with van der Waals surface area (Å²) in [7, 11) is 0. The Labute approximate surface area is 127 Å². The Hall–Kier alpha value is -1.49. The molecule has 21 heavy (non-hydrogen) atoms. The summed E-state index contributed by atoms with van der Waals surface area (Å²) < 4.78 is 5.73. The lowest BCUT2D eigenvalue weighted by Gasteiger charge is -2.26. The molecule has 5 nitrogen and oxygen atoms in total. The van der Waals surface area contributed by atoms with E-state index >= 15 is 0 Å². The molecular formula is C16H29N3O2. The van der Waals surface area contributed by atoms with Crippen LogP contribution >= 0.6 is 0 Å². The maximum atomic E-state index is 10.3. The van der Waals surface area contributed by atoms with Crippen molar-refractivity contribution in [1.82, 2.24) is 4.98 Å². The van der Waals surface area contributed by atoms with Crippen LogP contribution < -0.4 is 15.8 Å². The van der Waals surface area contributed by atoms with Gasteiger partial charge in [0.2, 0.25) is 5.88 Å². The fourth-order valence-corrected chi connectivity index (χ4v) is 2.15. The molecule has 0 aliphatic rings. The summed E-state index contributed by atoms with van der Waals surface area (Å²) in [4.78, 5) is 4.37. The monoisotopic (exact) mass is 295 g/mol. The third-order valence-electron chi connectivity index (χ3n) is 2.79. The molecule has 0 spiro atoms. The standard InChI is InChI=1S/C16H29N3O2/c1-11(2)9-16(6,20)10-18-13-8-7-12(17)14(19-13)21-15(3,4)5/h7-8,11,20H,9-10,17H2,1-6H3,(H,18,19). The van der Waals surface area contributed by atoms with Crippen molar-refractivity contribution in [1.29, 1.82) is 0 Å². The number of ether oxygens (including phenoxy) is 1. The van der Waals surface area contributed by atoms with Crippen molar-refractivity contribution in [3.8, 4) is 5.88 Å². The minimum atomic E-state index is -0.776. The normalized spacial score (nSPS) is 14.9. The number of anilines is 2. The molecule has 0 fully saturated rings. The Morgan fingerprint density at radius 3 is 2.43 bits per heavy atom. The van der Waals surface area contributed by atoms with Gasteiger partial charge in [0.25, 0.3) is 0 Å². The second-order valence-corrected chi connectivity index (χ2v) is 7.25. The zero-order valence-corrected chi connectivity index (χ0v) is 14.0. The van der Waals surface area contributed by atoms with Crippen molar-refractivity contribution >= 4 is 11.5 Å². The summed E-state index contributed by atoms with van der Waals surface area (Å²) in [5.74, 6) is 1.49. The second-order valence-electron chi connectivity index (χ2n) is 7.25. The SMILES string of the molecule is CC(C)CC(C)(O)CNc1ccc(N)c(OC(C)(C)C)n1. The zero-order chi connectivity index (χ0) is 16.3. The minimum Gasteiger partial charge on any atom is -0.470 e. The van der Waals surface area contributed by atoms with Gasteiger partial charge in [0, 0.05) is 6.54 Å². The maximum Gasteiger partial charge on any atom is 0.239 e. The Kier molecular flexibility index (Phi) is 5.45. The first kappa shape index (κ1) is 17.6. The highest BCUT2D eigenvalue weighted by atomic mass is 16.5. The lowest BCUT2D eigenvalue weighted by Crippen LogP contribution is -2.35. The summed E-state index contributed by atoms with van der Waals surface area (Å²) in [6.07, 6.45) is 0.723. The van der Waals surface area contributed by atoms with E-state index < -0.39 is 5.60 Å². The predicted molar refractivity (Wildman–Crippen MR) is 87.6 cm³/mol. The van der Waals surface area contributed by atoms with Crippen LogP contribution in [0.2, 0.25) is 0 Å². The molecule has 4 N–H and O–H groups in total. The highest BCUT2D eigenvalue weighted by Gasteiger charge is 2.22. The fraction of sp³-hybridized carbons (Fsp3) is 0.688. The van der Waals surface area contributed by atoms with Crippen LogP contribution in [-0.4, -0.2) is 27.8 Å². The fourth-order valence-electron chi connectivity index (χ4n) is 2.15. The van der Waals surface area contributed by atoms with Crippen molar-refractivity contribution in [2.45, 2.75) is 59.2 Å². The lowest BCUT2D eigenvalue weighted by molar-refractivity contribution is 0.0514. The van der Waals surface area contributed by atoms with Gasteiger partial charge in [0.1, 0.15) is 11.4 Å². The molecule has 120 valence electrons.